The SMILES string of the molecule is CC(=O)N1C[C@H]2CN(Cc3scnc3C)C[C@@]2(C(=O)N2CCCC2)C1. The molecular formula is C18H26N4O2S. The molecule has 0 saturated carbocycles. The maximum atomic E-state index is 13.4. The van der Waals surface area contributed by atoms with Gasteiger partial charge < -0.3 is 9.80 Å². The zero-order valence-corrected chi connectivity index (χ0v) is 15.8. The Hall–Kier alpha value is -1.47. The summed E-state index contributed by atoms with van der Waals surface area (Å²) in [5, 5.41) is 0. The maximum absolute atomic E-state index is 13.4. The van der Waals surface area contributed by atoms with Crippen LogP contribution in [0.1, 0.15) is 30.3 Å². The summed E-state index contributed by atoms with van der Waals surface area (Å²) in [5.41, 5.74) is 2.58. The third-order valence-corrected chi connectivity index (χ3v) is 7.08. The molecule has 0 unspecified atom stereocenters. The molecule has 0 radical (unpaired) electrons. The highest BCUT2D eigenvalue weighted by Crippen LogP contribution is 2.45. The van der Waals surface area contributed by atoms with Crippen molar-refractivity contribution in [3.05, 3.63) is 16.1 Å². The van der Waals surface area contributed by atoms with E-state index >= 15 is 0 Å². The molecule has 1 aromatic heterocycles. The molecule has 3 aliphatic rings. The van der Waals surface area contributed by atoms with Crippen LogP contribution in [0.5, 0.6) is 0 Å². The van der Waals surface area contributed by atoms with E-state index in [9.17, 15) is 9.59 Å². The van der Waals surface area contributed by atoms with Crippen molar-refractivity contribution in [3.8, 4) is 0 Å². The number of carbonyl (C=O) groups is 2. The highest BCUT2D eigenvalue weighted by molar-refractivity contribution is 7.09. The first-order valence-electron chi connectivity index (χ1n) is 9.16. The number of amides is 2. The molecule has 3 saturated heterocycles. The van der Waals surface area contributed by atoms with Crippen LogP contribution in [-0.2, 0) is 16.1 Å². The Balaban J connectivity index is 1.56. The highest BCUT2D eigenvalue weighted by atomic mass is 32.1. The van der Waals surface area contributed by atoms with Gasteiger partial charge in [-0.05, 0) is 19.8 Å². The average molecular weight is 362 g/mol. The molecule has 3 aliphatic heterocycles. The number of fused-ring (bicyclic) bond motifs is 1. The monoisotopic (exact) mass is 362 g/mol. The molecule has 3 fully saturated rings. The Bertz CT molecular complexity index is 684. The molecule has 1 aromatic rings. The van der Waals surface area contributed by atoms with Crippen LogP contribution in [-0.4, -0.2) is 70.8 Å². The Morgan fingerprint density at radius 2 is 2.00 bits per heavy atom. The lowest BCUT2D eigenvalue weighted by molar-refractivity contribution is -0.141. The van der Waals surface area contributed by atoms with Crippen LogP contribution in [0, 0.1) is 18.3 Å². The largest absolute Gasteiger partial charge is 0.342 e. The molecule has 0 spiro atoms. The van der Waals surface area contributed by atoms with Crippen LogP contribution in [0.4, 0.5) is 0 Å². The second kappa shape index (κ2) is 6.36. The van der Waals surface area contributed by atoms with Crippen LogP contribution < -0.4 is 0 Å². The summed E-state index contributed by atoms with van der Waals surface area (Å²) in [6, 6.07) is 0. The lowest BCUT2D eigenvalue weighted by Crippen LogP contribution is -2.49. The van der Waals surface area contributed by atoms with E-state index in [0.29, 0.717) is 13.1 Å². The number of aromatic nitrogens is 1. The van der Waals surface area contributed by atoms with Gasteiger partial charge >= 0.3 is 0 Å². The molecule has 4 heterocycles. The Kier molecular flexibility index (Phi) is 4.32. The summed E-state index contributed by atoms with van der Waals surface area (Å²) in [7, 11) is 0. The van der Waals surface area contributed by atoms with Gasteiger partial charge in [-0.3, -0.25) is 14.5 Å². The van der Waals surface area contributed by atoms with E-state index in [1.165, 1.54) is 4.88 Å². The maximum Gasteiger partial charge on any atom is 0.232 e. The molecular weight excluding hydrogens is 336 g/mol. The second-order valence-corrected chi connectivity index (χ2v) is 8.72. The van der Waals surface area contributed by atoms with Crippen LogP contribution in [0.2, 0.25) is 0 Å². The van der Waals surface area contributed by atoms with E-state index in [1.807, 2.05) is 22.2 Å². The first-order chi connectivity index (χ1) is 12.0. The van der Waals surface area contributed by atoms with Gasteiger partial charge in [0.15, 0.2) is 0 Å². The number of hydrogen-bond donors (Lipinski definition) is 0. The number of rotatable bonds is 3. The predicted molar refractivity (Wildman–Crippen MR) is 96.1 cm³/mol. The van der Waals surface area contributed by atoms with Crippen LogP contribution in [0.15, 0.2) is 5.51 Å². The molecule has 7 heteroatoms. The van der Waals surface area contributed by atoms with Crippen molar-refractivity contribution in [3.63, 3.8) is 0 Å². The fourth-order valence-corrected chi connectivity index (χ4v) is 5.57. The van der Waals surface area contributed by atoms with Crippen LogP contribution in [0.25, 0.3) is 0 Å². The Labute approximate surface area is 152 Å². The second-order valence-electron chi connectivity index (χ2n) is 7.78. The minimum absolute atomic E-state index is 0.0906. The van der Waals surface area contributed by atoms with Gasteiger partial charge in [0.2, 0.25) is 11.8 Å². The van der Waals surface area contributed by atoms with Crippen molar-refractivity contribution in [1.82, 2.24) is 19.7 Å². The molecule has 2 amide bonds. The van der Waals surface area contributed by atoms with Gasteiger partial charge in [0.25, 0.3) is 0 Å². The lowest BCUT2D eigenvalue weighted by Gasteiger charge is -2.32. The van der Waals surface area contributed by atoms with Gasteiger partial charge in [0, 0.05) is 63.5 Å². The third-order valence-electron chi connectivity index (χ3n) is 6.16. The smallest absolute Gasteiger partial charge is 0.232 e. The highest BCUT2D eigenvalue weighted by Gasteiger charge is 2.58. The number of thiazole rings is 1. The number of likely N-dealkylation sites (tertiary alicyclic amines) is 3. The molecule has 0 N–H and O–H groups in total. The van der Waals surface area contributed by atoms with Crippen molar-refractivity contribution in [2.75, 3.05) is 39.3 Å². The normalized spacial score (nSPS) is 29.4. The minimum atomic E-state index is -0.408. The van der Waals surface area contributed by atoms with Gasteiger partial charge in [-0.25, -0.2) is 4.98 Å². The molecule has 25 heavy (non-hydrogen) atoms. The Morgan fingerprint density at radius 3 is 2.64 bits per heavy atom. The predicted octanol–water partition coefficient (Wildman–Crippen LogP) is 1.35. The van der Waals surface area contributed by atoms with E-state index < -0.39 is 5.41 Å². The summed E-state index contributed by atoms with van der Waals surface area (Å²) in [6.07, 6.45) is 2.21. The third kappa shape index (κ3) is 2.87. The van der Waals surface area contributed by atoms with E-state index in [4.69, 9.17) is 0 Å². The fourth-order valence-electron chi connectivity index (χ4n) is 4.75. The molecule has 2 atom stereocenters. The minimum Gasteiger partial charge on any atom is -0.342 e. The summed E-state index contributed by atoms with van der Waals surface area (Å²) in [4.78, 5) is 37.3. The molecule has 4 rings (SSSR count). The lowest BCUT2D eigenvalue weighted by atomic mass is 9.79. The van der Waals surface area contributed by atoms with E-state index in [2.05, 4.69) is 9.88 Å². The van der Waals surface area contributed by atoms with E-state index in [-0.39, 0.29) is 17.7 Å². The summed E-state index contributed by atoms with van der Waals surface area (Å²) in [5.74, 6) is 0.618. The summed E-state index contributed by atoms with van der Waals surface area (Å²) in [6.45, 7) is 9.23. The summed E-state index contributed by atoms with van der Waals surface area (Å²) >= 11 is 1.69. The molecule has 0 aromatic carbocycles. The van der Waals surface area contributed by atoms with E-state index in [1.54, 1.807) is 18.3 Å². The van der Waals surface area contributed by atoms with Gasteiger partial charge in [-0.1, -0.05) is 0 Å². The zero-order valence-electron chi connectivity index (χ0n) is 15.0. The molecule has 6 nitrogen and oxygen atoms in total. The van der Waals surface area contributed by atoms with Crippen LogP contribution >= 0.6 is 11.3 Å². The quantitative estimate of drug-likeness (QED) is 0.815. The molecule has 0 aliphatic carbocycles. The zero-order chi connectivity index (χ0) is 17.6. The first-order valence-corrected chi connectivity index (χ1v) is 10.0. The van der Waals surface area contributed by atoms with Crippen molar-refractivity contribution >= 4 is 23.2 Å². The number of hydrogen-bond acceptors (Lipinski definition) is 5. The number of carbonyl (C=O) groups excluding carboxylic acids is 2. The fraction of sp³-hybridized carbons (Fsp3) is 0.722. The van der Waals surface area contributed by atoms with Crippen molar-refractivity contribution in [2.45, 2.75) is 33.2 Å². The molecule has 136 valence electrons. The standard InChI is InChI=1S/C18H26N4O2S/c1-13-16(25-12-19-13)9-20-7-15-8-22(14(2)23)11-18(15,10-20)17(24)21-5-3-4-6-21/h12,15H,3-11H2,1-2H3/t15-,18-/m1/s1. The van der Waals surface area contributed by atoms with Crippen molar-refractivity contribution in [1.29, 1.82) is 0 Å². The van der Waals surface area contributed by atoms with Gasteiger partial charge in [-0.2, -0.15) is 0 Å². The van der Waals surface area contributed by atoms with Gasteiger partial charge in [0.1, 0.15) is 0 Å². The summed E-state index contributed by atoms with van der Waals surface area (Å²) < 4.78 is 0. The number of aryl methyl sites for hydroxylation is 1. The Morgan fingerprint density at radius 1 is 1.24 bits per heavy atom. The van der Waals surface area contributed by atoms with Crippen molar-refractivity contribution in [2.24, 2.45) is 11.3 Å². The number of nitrogens with zero attached hydrogens (tertiary/aromatic N) is 4. The topological polar surface area (TPSA) is 56.8 Å². The van der Waals surface area contributed by atoms with Gasteiger partial charge in [-0.15, -0.1) is 11.3 Å². The van der Waals surface area contributed by atoms with Crippen LogP contribution in [0.3, 0.4) is 0 Å². The average Bonchev–Trinajstić information content (AvgIpc) is 3.31. The first kappa shape index (κ1) is 17.0. The molecule has 0 bridgehead atoms. The van der Waals surface area contributed by atoms with E-state index in [0.717, 1.165) is 51.3 Å². The van der Waals surface area contributed by atoms with Crippen molar-refractivity contribution < 1.29 is 9.59 Å². The van der Waals surface area contributed by atoms with Gasteiger partial charge in [0.05, 0.1) is 16.6 Å².